The SMILES string of the molecule is CC(=O)OC1CC[C@@]2(C)[C@@H](C1)CC(OC(C)=O)[C@@H]1[C@@H]2CC(OC(C)=O)[C@]2(C)[C@@H]3C(=C(OCC(=O)OCC(F)(F)S(=O)(=O)O)CC[C@H]3C)C[C@@H]12. The van der Waals surface area contributed by atoms with E-state index in [-0.39, 0.29) is 53.0 Å². The van der Waals surface area contributed by atoms with E-state index >= 15 is 0 Å². The van der Waals surface area contributed by atoms with Crippen LogP contribution in [-0.4, -0.2) is 73.6 Å². The number of esters is 4. The number of rotatable bonds is 9. The predicted octanol–water partition coefficient (Wildman–Crippen LogP) is 4.99. The molecule has 5 aliphatic carbocycles. The fraction of sp³-hybridized carbons (Fsp3) is 0.824. The average molecular weight is 719 g/mol. The van der Waals surface area contributed by atoms with Crippen LogP contribution in [-0.2, 0) is 53.0 Å². The molecule has 276 valence electrons. The highest BCUT2D eigenvalue weighted by Crippen LogP contribution is 2.71. The van der Waals surface area contributed by atoms with Crippen molar-refractivity contribution in [2.45, 2.75) is 116 Å². The number of alkyl halides is 2. The first-order chi connectivity index (χ1) is 22.7. The Balaban J connectivity index is 1.49. The first-order valence-corrected chi connectivity index (χ1v) is 18.5. The normalized spacial score (nSPS) is 38.6. The van der Waals surface area contributed by atoms with Gasteiger partial charge < -0.3 is 23.7 Å². The maximum absolute atomic E-state index is 13.6. The minimum atomic E-state index is -5.77. The molecule has 5 rings (SSSR count). The van der Waals surface area contributed by atoms with Crippen LogP contribution in [0.1, 0.15) is 92.9 Å². The van der Waals surface area contributed by atoms with Gasteiger partial charge in [-0.1, -0.05) is 20.8 Å². The molecule has 49 heavy (non-hydrogen) atoms. The van der Waals surface area contributed by atoms with Crippen LogP contribution in [0.25, 0.3) is 0 Å². The molecule has 0 aromatic carbocycles. The first-order valence-electron chi connectivity index (χ1n) is 17.1. The Morgan fingerprint density at radius 2 is 1.59 bits per heavy atom. The van der Waals surface area contributed by atoms with E-state index in [0.29, 0.717) is 50.7 Å². The lowest BCUT2D eigenvalue weighted by Crippen LogP contribution is -2.63. The van der Waals surface area contributed by atoms with Gasteiger partial charge in [-0.3, -0.25) is 18.9 Å². The van der Waals surface area contributed by atoms with Gasteiger partial charge in [0.25, 0.3) is 0 Å². The smallest absolute Gasteiger partial charge is 0.402 e. The molecule has 0 bridgehead atoms. The van der Waals surface area contributed by atoms with E-state index in [1.165, 1.54) is 20.8 Å². The van der Waals surface area contributed by atoms with Crippen molar-refractivity contribution in [2.24, 2.45) is 46.3 Å². The van der Waals surface area contributed by atoms with Crippen LogP contribution in [0, 0.1) is 46.3 Å². The van der Waals surface area contributed by atoms with Crippen molar-refractivity contribution in [3.05, 3.63) is 11.3 Å². The van der Waals surface area contributed by atoms with E-state index in [2.05, 4.69) is 25.5 Å². The molecule has 0 radical (unpaired) electrons. The van der Waals surface area contributed by atoms with Gasteiger partial charge >= 0.3 is 39.2 Å². The highest BCUT2D eigenvalue weighted by molar-refractivity contribution is 7.86. The van der Waals surface area contributed by atoms with Crippen LogP contribution in [0.5, 0.6) is 0 Å². The summed E-state index contributed by atoms with van der Waals surface area (Å²) in [6.45, 7) is 8.08. The van der Waals surface area contributed by atoms with Gasteiger partial charge in [0, 0.05) is 38.5 Å². The third kappa shape index (κ3) is 6.94. The van der Waals surface area contributed by atoms with Gasteiger partial charge in [0.2, 0.25) is 0 Å². The predicted molar refractivity (Wildman–Crippen MR) is 167 cm³/mol. The molecule has 3 unspecified atom stereocenters. The number of allylic oxidation sites excluding steroid dienone is 2. The zero-order valence-electron chi connectivity index (χ0n) is 28.9. The van der Waals surface area contributed by atoms with Crippen molar-refractivity contribution in [1.82, 2.24) is 0 Å². The third-order valence-corrected chi connectivity index (χ3v) is 13.4. The van der Waals surface area contributed by atoms with Crippen LogP contribution in [0.3, 0.4) is 0 Å². The van der Waals surface area contributed by atoms with E-state index in [9.17, 15) is 36.4 Å². The van der Waals surface area contributed by atoms with Crippen LogP contribution >= 0.6 is 0 Å². The summed E-state index contributed by atoms with van der Waals surface area (Å²) in [5.41, 5.74) is 0.136. The van der Waals surface area contributed by atoms with Gasteiger partial charge in [0.1, 0.15) is 18.3 Å². The molecule has 0 aromatic rings. The Morgan fingerprint density at radius 3 is 2.20 bits per heavy atom. The molecule has 0 spiro atoms. The zero-order chi connectivity index (χ0) is 36.3. The second kappa shape index (κ2) is 13.4. The van der Waals surface area contributed by atoms with E-state index in [4.69, 9.17) is 23.5 Å². The summed E-state index contributed by atoms with van der Waals surface area (Å²) in [5, 5.41) is -4.66. The summed E-state index contributed by atoms with van der Waals surface area (Å²) in [7, 11) is -5.77. The molecule has 11 atom stereocenters. The number of fused-ring (bicyclic) bond motifs is 7. The quantitative estimate of drug-likeness (QED) is 0.193. The van der Waals surface area contributed by atoms with E-state index < -0.39 is 64.1 Å². The Kier molecular flexibility index (Phi) is 10.2. The summed E-state index contributed by atoms with van der Waals surface area (Å²) in [6, 6.07) is 0. The standard InChI is InChI=1S/C34H48F2O12S/c1-17-7-8-26(44-15-29(40)45-16-34(35,36)49(41,42)43)23-13-25-30-24(14-28(48-20(4)39)33(25,6)31(17)23)32(5)10-9-22(46-18(2)37)11-21(32)12-27(30)47-19(3)38/h17,21-22,24-25,27-28,30-31H,7-16H2,1-6H3,(H,41,42,43)/t17-,21+,22?,24+,25+,27?,28?,30-,31+,32+,33-/m1/s1. The molecular formula is C34H48F2O12S. The first kappa shape index (κ1) is 37.4. The minimum absolute atomic E-state index is 0.0104. The molecule has 4 saturated carbocycles. The van der Waals surface area contributed by atoms with Crippen molar-refractivity contribution < 1.29 is 64.6 Å². The Morgan fingerprint density at radius 1 is 0.939 bits per heavy atom. The molecule has 1 N–H and O–H groups in total. The molecule has 15 heteroatoms. The van der Waals surface area contributed by atoms with Crippen molar-refractivity contribution in [3.8, 4) is 0 Å². The molecule has 4 fully saturated rings. The lowest BCUT2D eigenvalue weighted by molar-refractivity contribution is -0.224. The zero-order valence-corrected chi connectivity index (χ0v) is 29.7. The van der Waals surface area contributed by atoms with Crippen LogP contribution < -0.4 is 0 Å². The lowest BCUT2D eigenvalue weighted by Gasteiger charge is -2.64. The Hall–Kier alpha value is -2.81. The fourth-order valence-electron chi connectivity index (χ4n) is 10.6. The second-order valence-electron chi connectivity index (χ2n) is 15.3. The molecular weight excluding hydrogens is 670 g/mol. The lowest BCUT2D eigenvalue weighted by atomic mass is 9.43. The molecule has 0 aliphatic heterocycles. The summed E-state index contributed by atoms with van der Waals surface area (Å²) in [6.07, 6.45) is 3.80. The van der Waals surface area contributed by atoms with Gasteiger partial charge in [0.15, 0.2) is 13.2 Å². The van der Waals surface area contributed by atoms with E-state index in [1.54, 1.807) is 0 Å². The van der Waals surface area contributed by atoms with Crippen LogP contribution in [0.15, 0.2) is 11.3 Å². The Bertz CT molecular complexity index is 1500. The van der Waals surface area contributed by atoms with Gasteiger partial charge in [0.05, 0.1) is 5.76 Å². The minimum Gasteiger partial charge on any atom is -0.486 e. The number of hydrogen-bond donors (Lipinski definition) is 1. The maximum Gasteiger partial charge on any atom is 0.402 e. The van der Waals surface area contributed by atoms with Crippen LogP contribution in [0.4, 0.5) is 8.78 Å². The van der Waals surface area contributed by atoms with Gasteiger partial charge in [-0.15, -0.1) is 0 Å². The number of halogens is 2. The maximum atomic E-state index is 13.6. The number of carbonyl (C=O) groups excluding carboxylic acids is 4. The Labute approximate surface area is 285 Å². The highest BCUT2D eigenvalue weighted by Gasteiger charge is 2.69. The van der Waals surface area contributed by atoms with Gasteiger partial charge in [-0.05, 0) is 85.5 Å². The van der Waals surface area contributed by atoms with Crippen molar-refractivity contribution in [1.29, 1.82) is 0 Å². The molecule has 0 heterocycles. The van der Waals surface area contributed by atoms with E-state index in [0.717, 1.165) is 12.0 Å². The molecule has 12 nitrogen and oxygen atoms in total. The largest absolute Gasteiger partial charge is 0.486 e. The van der Waals surface area contributed by atoms with Gasteiger partial charge in [-0.2, -0.15) is 17.2 Å². The summed E-state index contributed by atoms with van der Waals surface area (Å²) in [5.74, 6) is -1.94. The van der Waals surface area contributed by atoms with Crippen molar-refractivity contribution in [2.75, 3.05) is 13.2 Å². The van der Waals surface area contributed by atoms with Crippen LogP contribution in [0.2, 0.25) is 0 Å². The highest BCUT2D eigenvalue weighted by atomic mass is 32.2. The number of hydrogen-bond acceptors (Lipinski definition) is 11. The molecule has 0 amide bonds. The van der Waals surface area contributed by atoms with Gasteiger partial charge in [-0.25, -0.2) is 4.79 Å². The van der Waals surface area contributed by atoms with Crippen molar-refractivity contribution >= 4 is 34.0 Å². The molecule has 0 saturated heterocycles. The third-order valence-electron chi connectivity index (χ3n) is 12.5. The van der Waals surface area contributed by atoms with Crippen molar-refractivity contribution in [3.63, 3.8) is 0 Å². The molecule has 0 aromatic heterocycles. The monoisotopic (exact) mass is 718 g/mol. The second-order valence-corrected chi connectivity index (χ2v) is 16.8. The summed E-state index contributed by atoms with van der Waals surface area (Å²) < 4.78 is 86.1. The topological polar surface area (TPSA) is 169 Å². The summed E-state index contributed by atoms with van der Waals surface area (Å²) >= 11 is 0. The molecule has 5 aliphatic rings. The average Bonchev–Trinajstić information content (AvgIpc) is 3.30. The van der Waals surface area contributed by atoms with E-state index in [1.807, 2.05) is 0 Å². The summed E-state index contributed by atoms with van der Waals surface area (Å²) in [4.78, 5) is 49.4. The number of carbonyl (C=O) groups is 4. The number of ether oxygens (including phenoxy) is 5. The fourth-order valence-corrected chi connectivity index (χ4v) is 10.8.